The molecule has 0 atom stereocenters. The van der Waals surface area contributed by atoms with Gasteiger partial charge in [-0.2, -0.15) is 0 Å². The van der Waals surface area contributed by atoms with Crippen LogP contribution in [0.15, 0.2) is 18.2 Å². The summed E-state index contributed by atoms with van der Waals surface area (Å²) in [6.45, 7) is 8.81. The lowest BCUT2D eigenvalue weighted by molar-refractivity contribution is -0.130. The first-order valence-corrected chi connectivity index (χ1v) is 6.69. The highest BCUT2D eigenvalue weighted by atomic mass is 19.2. The Labute approximate surface area is 119 Å². The summed E-state index contributed by atoms with van der Waals surface area (Å²) >= 11 is 0. The standard InChI is InChI=1S/C15H22F2N2O/c1-5-19(14(20)9-18-15(2,3)4)10-11-6-7-12(16)13(17)8-11/h6-8,18H,5,9-10H2,1-4H3. The molecule has 1 amide bonds. The van der Waals surface area contributed by atoms with Crippen molar-refractivity contribution < 1.29 is 13.6 Å². The Kier molecular flexibility index (Phi) is 5.62. The second kappa shape index (κ2) is 6.79. The number of likely N-dealkylation sites (N-methyl/N-ethyl adjacent to an activating group) is 1. The monoisotopic (exact) mass is 284 g/mol. The maximum absolute atomic E-state index is 13.1. The normalized spacial score (nSPS) is 11.5. The molecule has 0 saturated carbocycles. The summed E-state index contributed by atoms with van der Waals surface area (Å²) in [6, 6.07) is 3.70. The molecule has 0 heterocycles. The van der Waals surface area contributed by atoms with E-state index in [9.17, 15) is 13.6 Å². The quantitative estimate of drug-likeness (QED) is 0.901. The summed E-state index contributed by atoms with van der Waals surface area (Å²) in [7, 11) is 0. The lowest BCUT2D eigenvalue weighted by Crippen LogP contribution is -2.44. The van der Waals surface area contributed by atoms with Gasteiger partial charge in [-0.15, -0.1) is 0 Å². The zero-order chi connectivity index (χ0) is 15.3. The zero-order valence-corrected chi connectivity index (χ0v) is 12.5. The molecule has 1 aromatic carbocycles. The van der Waals surface area contributed by atoms with Crippen LogP contribution in [-0.4, -0.2) is 29.4 Å². The summed E-state index contributed by atoms with van der Waals surface area (Å²) in [5.74, 6) is -1.83. The summed E-state index contributed by atoms with van der Waals surface area (Å²) in [4.78, 5) is 13.7. The van der Waals surface area contributed by atoms with Crippen LogP contribution in [0.4, 0.5) is 8.78 Å². The van der Waals surface area contributed by atoms with Gasteiger partial charge in [0.1, 0.15) is 0 Å². The number of nitrogens with zero attached hydrogens (tertiary/aromatic N) is 1. The van der Waals surface area contributed by atoms with E-state index in [1.165, 1.54) is 6.07 Å². The minimum absolute atomic E-state index is 0.0628. The van der Waals surface area contributed by atoms with Crippen LogP contribution in [0.2, 0.25) is 0 Å². The van der Waals surface area contributed by atoms with Crippen molar-refractivity contribution in [1.82, 2.24) is 10.2 Å². The molecule has 112 valence electrons. The van der Waals surface area contributed by atoms with Crippen LogP contribution in [-0.2, 0) is 11.3 Å². The largest absolute Gasteiger partial charge is 0.338 e. The summed E-state index contributed by atoms with van der Waals surface area (Å²) in [6.07, 6.45) is 0. The van der Waals surface area contributed by atoms with Crippen molar-refractivity contribution in [2.75, 3.05) is 13.1 Å². The number of hydrogen-bond donors (Lipinski definition) is 1. The Balaban J connectivity index is 2.66. The van der Waals surface area contributed by atoms with Crippen LogP contribution < -0.4 is 5.32 Å². The number of amides is 1. The van der Waals surface area contributed by atoms with E-state index in [1.54, 1.807) is 4.90 Å². The third-order valence-corrected chi connectivity index (χ3v) is 2.86. The lowest BCUT2D eigenvalue weighted by atomic mass is 10.1. The average Bonchev–Trinajstić information content (AvgIpc) is 2.36. The molecule has 0 fully saturated rings. The third-order valence-electron chi connectivity index (χ3n) is 2.86. The Morgan fingerprint density at radius 3 is 2.40 bits per heavy atom. The molecule has 0 aromatic heterocycles. The highest BCUT2D eigenvalue weighted by molar-refractivity contribution is 5.78. The number of hydrogen-bond acceptors (Lipinski definition) is 2. The highest BCUT2D eigenvalue weighted by Crippen LogP contribution is 2.11. The van der Waals surface area contributed by atoms with Gasteiger partial charge in [-0.1, -0.05) is 6.07 Å². The van der Waals surface area contributed by atoms with Crippen LogP contribution in [0.25, 0.3) is 0 Å². The van der Waals surface area contributed by atoms with Crippen LogP contribution in [0.3, 0.4) is 0 Å². The van der Waals surface area contributed by atoms with Gasteiger partial charge >= 0.3 is 0 Å². The fraction of sp³-hybridized carbons (Fsp3) is 0.533. The number of benzene rings is 1. The Bertz CT molecular complexity index is 469. The minimum atomic E-state index is -0.890. The van der Waals surface area contributed by atoms with Gasteiger partial charge < -0.3 is 10.2 Å². The van der Waals surface area contributed by atoms with Crippen LogP contribution >= 0.6 is 0 Å². The molecule has 1 aromatic rings. The molecule has 0 unspecified atom stereocenters. The fourth-order valence-corrected chi connectivity index (χ4v) is 1.69. The van der Waals surface area contributed by atoms with Gasteiger partial charge in [0.15, 0.2) is 11.6 Å². The van der Waals surface area contributed by atoms with Crippen LogP contribution in [0, 0.1) is 11.6 Å². The van der Waals surface area contributed by atoms with Crippen LogP contribution in [0.5, 0.6) is 0 Å². The average molecular weight is 284 g/mol. The zero-order valence-electron chi connectivity index (χ0n) is 12.5. The van der Waals surface area contributed by atoms with Gasteiger partial charge in [0.05, 0.1) is 6.54 Å². The molecule has 20 heavy (non-hydrogen) atoms. The predicted octanol–water partition coefficient (Wildman–Crippen LogP) is 2.70. The van der Waals surface area contributed by atoms with E-state index in [0.717, 1.165) is 12.1 Å². The number of carbonyl (C=O) groups excluding carboxylic acids is 1. The molecular weight excluding hydrogens is 262 g/mol. The molecule has 0 radical (unpaired) electrons. The Hall–Kier alpha value is -1.49. The minimum Gasteiger partial charge on any atom is -0.338 e. The van der Waals surface area contributed by atoms with Crippen molar-refractivity contribution in [2.24, 2.45) is 0 Å². The van der Waals surface area contributed by atoms with E-state index >= 15 is 0 Å². The molecule has 0 aliphatic heterocycles. The van der Waals surface area contributed by atoms with Crippen LogP contribution in [0.1, 0.15) is 33.3 Å². The Morgan fingerprint density at radius 2 is 1.90 bits per heavy atom. The van der Waals surface area contributed by atoms with Gasteiger partial charge in [-0.3, -0.25) is 4.79 Å². The van der Waals surface area contributed by atoms with Crippen molar-refractivity contribution in [3.05, 3.63) is 35.4 Å². The molecule has 1 N–H and O–H groups in total. The van der Waals surface area contributed by atoms with Crippen molar-refractivity contribution >= 4 is 5.91 Å². The first-order valence-electron chi connectivity index (χ1n) is 6.69. The Morgan fingerprint density at radius 1 is 1.25 bits per heavy atom. The molecule has 3 nitrogen and oxygen atoms in total. The van der Waals surface area contributed by atoms with E-state index in [1.807, 2.05) is 27.7 Å². The number of halogens is 2. The van der Waals surface area contributed by atoms with E-state index in [2.05, 4.69) is 5.32 Å². The summed E-state index contributed by atoms with van der Waals surface area (Å²) in [5, 5.41) is 3.12. The second-order valence-electron chi connectivity index (χ2n) is 5.76. The molecule has 5 heteroatoms. The molecule has 0 bridgehead atoms. The lowest BCUT2D eigenvalue weighted by Gasteiger charge is -2.25. The summed E-state index contributed by atoms with van der Waals surface area (Å²) in [5.41, 5.74) is 0.437. The van der Waals surface area contributed by atoms with Crippen molar-refractivity contribution in [2.45, 2.75) is 39.8 Å². The topological polar surface area (TPSA) is 32.3 Å². The predicted molar refractivity (Wildman–Crippen MR) is 75.2 cm³/mol. The number of carbonyl (C=O) groups is 1. The summed E-state index contributed by atoms with van der Waals surface area (Å²) < 4.78 is 26.0. The number of rotatable bonds is 5. The van der Waals surface area contributed by atoms with Crippen molar-refractivity contribution in [3.63, 3.8) is 0 Å². The fourth-order valence-electron chi connectivity index (χ4n) is 1.69. The first kappa shape index (κ1) is 16.6. The van der Waals surface area contributed by atoms with Gasteiger partial charge in [-0.25, -0.2) is 8.78 Å². The highest BCUT2D eigenvalue weighted by Gasteiger charge is 2.16. The second-order valence-corrected chi connectivity index (χ2v) is 5.76. The van der Waals surface area contributed by atoms with E-state index in [4.69, 9.17) is 0 Å². The van der Waals surface area contributed by atoms with Gasteiger partial charge in [0.25, 0.3) is 0 Å². The third kappa shape index (κ3) is 5.25. The molecule has 0 aliphatic carbocycles. The maximum Gasteiger partial charge on any atom is 0.236 e. The molecular formula is C15H22F2N2O. The van der Waals surface area contributed by atoms with E-state index in [0.29, 0.717) is 12.1 Å². The SMILES string of the molecule is CCN(Cc1ccc(F)c(F)c1)C(=O)CNC(C)(C)C. The molecule has 0 spiro atoms. The van der Waals surface area contributed by atoms with Gasteiger partial charge in [-0.05, 0) is 45.4 Å². The molecule has 0 aliphatic rings. The van der Waals surface area contributed by atoms with Gasteiger partial charge in [0.2, 0.25) is 5.91 Å². The van der Waals surface area contributed by atoms with E-state index < -0.39 is 11.6 Å². The van der Waals surface area contributed by atoms with Crippen molar-refractivity contribution in [3.8, 4) is 0 Å². The van der Waals surface area contributed by atoms with E-state index in [-0.39, 0.29) is 24.5 Å². The van der Waals surface area contributed by atoms with Gasteiger partial charge in [0, 0.05) is 18.6 Å². The smallest absolute Gasteiger partial charge is 0.236 e. The first-order chi connectivity index (χ1) is 9.23. The van der Waals surface area contributed by atoms with Crippen molar-refractivity contribution in [1.29, 1.82) is 0 Å². The molecule has 0 saturated heterocycles. The molecule has 1 rings (SSSR count). The number of nitrogens with one attached hydrogen (secondary N) is 1. The maximum atomic E-state index is 13.1.